The summed E-state index contributed by atoms with van der Waals surface area (Å²) >= 11 is 0. The van der Waals surface area contributed by atoms with Gasteiger partial charge in [0.1, 0.15) is 0 Å². The summed E-state index contributed by atoms with van der Waals surface area (Å²) in [5.74, 6) is 0. The normalized spacial score (nSPS) is 10.3. The minimum absolute atomic E-state index is 0.745. The van der Waals surface area contributed by atoms with E-state index in [1.54, 1.807) is 0 Å². The Morgan fingerprint density at radius 1 is 1.11 bits per heavy atom. The Morgan fingerprint density at radius 2 is 1.84 bits per heavy atom. The van der Waals surface area contributed by atoms with E-state index in [0.717, 1.165) is 23.5 Å². The molecular formula is C16H21N3. The van der Waals surface area contributed by atoms with Crippen LogP contribution in [0.1, 0.15) is 11.1 Å². The molecule has 0 aromatic heterocycles. The Hall–Kier alpha value is -2.16. The van der Waals surface area contributed by atoms with Gasteiger partial charge in [-0.05, 0) is 42.3 Å². The molecule has 0 aliphatic carbocycles. The maximum atomic E-state index is 5.94. The molecule has 0 fully saturated rings. The molecule has 0 heterocycles. The molecule has 2 aromatic rings. The first kappa shape index (κ1) is 13.3. The van der Waals surface area contributed by atoms with Gasteiger partial charge in [0.05, 0.1) is 0 Å². The first-order valence-corrected chi connectivity index (χ1v) is 6.43. The van der Waals surface area contributed by atoms with Crippen LogP contribution in [0.4, 0.5) is 17.1 Å². The molecule has 3 nitrogen and oxygen atoms in total. The molecule has 0 unspecified atom stereocenters. The quantitative estimate of drug-likeness (QED) is 0.824. The van der Waals surface area contributed by atoms with Gasteiger partial charge in [0.25, 0.3) is 0 Å². The van der Waals surface area contributed by atoms with Gasteiger partial charge in [0, 0.05) is 37.7 Å². The average molecular weight is 255 g/mol. The number of anilines is 3. The molecule has 0 spiro atoms. The van der Waals surface area contributed by atoms with Crippen LogP contribution in [0.15, 0.2) is 42.5 Å². The van der Waals surface area contributed by atoms with E-state index in [4.69, 9.17) is 5.73 Å². The number of nitrogens with zero attached hydrogens (tertiary/aromatic N) is 1. The molecule has 19 heavy (non-hydrogen) atoms. The van der Waals surface area contributed by atoms with Crippen LogP contribution < -0.4 is 16.0 Å². The van der Waals surface area contributed by atoms with Crippen LogP contribution in [0.5, 0.6) is 0 Å². The molecule has 0 radical (unpaired) electrons. The number of hydrogen-bond donors (Lipinski definition) is 2. The molecular weight excluding hydrogens is 234 g/mol. The highest BCUT2D eigenvalue weighted by Gasteiger charge is 2.02. The molecule has 0 saturated heterocycles. The first-order valence-electron chi connectivity index (χ1n) is 6.43. The Balaban J connectivity index is 2.10. The third kappa shape index (κ3) is 3.19. The van der Waals surface area contributed by atoms with E-state index in [-0.39, 0.29) is 0 Å². The largest absolute Gasteiger partial charge is 0.398 e. The highest BCUT2D eigenvalue weighted by Crippen LogP contribution is 2.22. The minimum Gasteiger partial charge on any atom is -0.398 e. The second-order valence-corrected chi connectivity index (χ2v) is 4.95. The fourth-order valence-corrected chi connectivity index (χ4v) is 2.01. The fraction of sp³-hybridized carbons (Fsp3) is 0.250. The van der Waals surface area contributed by atoms with Gasteiger partial charge in [-0.25, -0.2) is 0 Å². The molecule has 0 atom stereocenters. The van der Waals surface area contributed by atoms with Crippen molar-refractivity contribution < 1.29 is 0 Å². The average Bonchev–Trinajstić information content (AvgIpc) is 2.39. The predicted octanol–water partition coefficient (Wildman–Crippen LogP) is 3.26. The van der Waals surface area contributed by atoms with Crippen molar-refractivity contribution in [2.24, 2.45) is 0 Å². The van der Waals surface area contributed by atoms with E-state index in [1.165, 1.54) is 11.3 Å². The second kappa shape index (κ2) is 5.65. The Bertz CT molecular complexity index is 562. The number of rotatable bonds is 4. The van der Waals surface area contributed by atoms with Crippen molar-refractivity contribution in [2.45, 2.75) is 13.5 Å². The van der Waals surface area contributed by atoms with Gasteiger partial charge in [0.2, 0.25) is 0 Å². The molecule has 3 heteroatoms. The maximum Gasteiger partial charge on any atom is 0.0421 e. The number of hydrogen-bond acceptors (Lipinski definition) is 3. The first-order chi connectivity index (χ1) is 9.08. The third-order valence-corrected chi connectivity index (χ3v) is 3.25. The maximum absolute atomic E-state index is 5.94. The highest BCUT2D eigenvalue weighted by molar-refractivity contribution is 5.60. The van der Waals surface area contributed by atoms with E-state index in [0.29, 0.717) is 0 Å². The molecule has 100 valence electrons. The number of nitrogens with one attached hydrogen (secondary N) is 1. The fourth-order valence-electron chi connectivity index (χ4n) is 2.01. The lowest BCUT2D eigenvalue weighted by Crippen LogP contribution is -2.09. The summed E-state index contributed by atoms with van der Waals surface area (Å²) < 4.78 is 0. The Kier molecular flexibility index (Phi) is 3.95. The van der Waals surface area contributed by atoms with Crippen molar-refractivity contribution in [1.29, 1.82) is 0 Å². The summed E-state index contributed by atoms with van der Waals surface area (Å²) in [4.78, 5) is 2.10. The van der Waals surface area contributed by atoms with E-state index >= 15 is 0 Å². The Morgan fingerprint density at radius 3 is 2.47 bits per heavy atom. The number of aryl methyl sites for hydroxylation is 1. The van der Waals surface area contributed by atoms with Crippen LogP contribution in [-0.4, -0.2) is 14.1 Å². The van der Waals surface area contributed by atoms with Crippen molar-refractivity contribution in [1.82, 2.24) is 0 Å². The lowest BCUT2D eigenvalue weighted by molar-refractivity contribution is 1.11. The smallest absolute Gasteiger partial charge is 0.0421 e. The molecule has 0 amide bonds. The predicted molar refractivity (Wildman–Crippen MR) is 83.7 cm³/mol. The third-order valence-electron chi connectivity index (χ3n) is 3.25. The zero-order valence-corrected chi connectivity index (χ0v) is 11.8. The van der Waals surface area contributed by atoms with Crippen LogP contribution in [0.3, 0.4) is 0 Å². The van der Waals surface area contributed by atoms with Crippen molar-refractivity contribution in [3.8, 4) is 0 Å². The summed E-state index contributed by atoms with van der Waals surface area (Å²) in [6.45, 7) is 2.86. The zero-order chi connectivity index (χ0) is 13.8. The summed E-state index contributed by atoms with van der Waals surface area (Å²) in [5, 5.41) is 3.44. The van der Waals surface area contributed by atoms with Gasteiger partial charge >= 0.3 is 0 Å². The molecule has 0 saturated carbocycles. The standard InChI is InChI=1S/C16H21N3/c1-12-10-14(19(2)3)8-9-16(12)18-11-13-6-4-5-7-15(13)17/h4-10,18H,11,17H2,1-3H3. The van der Waals surface area contributed by atoms with Crippen molar-refractivity contribution >= 4 is 17.1 Å². The SMILES string of the molecule is Cc1cc(N(C)C)ccc1NCc1ccccc1N. The molecule has 3 N–H and O–H groups in total. The lowest BCUT2D eigenvalue weighted by Gasteiger charge is -2.16. The van der Waals surface area contributed by atoms with E-state index in [1.807, 2.05) is 38.4 Å². The molecule has 0 aliphatic rings. The number of nitrogen functional groups attached to an aromatic ring is 1. The summed E-state index contributed by atoms with van der Waals surface area (Å²) in [6, 6.07) is 14.3. The van der Waals surface area contributed by atoms with Crippen molar-refractivity contribution in [3.63, 3.8) is 0 Å². The van der Waals surface area contributed by atoms with Gasteiger partial charge in [0.15, 0.2) is 0 Å². The van der Waals surface area contributed by atoms with Crippen LogP contribution in [0.2, 0.25) is 0 Å². The zero-order valence-electron chi connectivity index (χ0n) is 11.8. The molecule has 2 aromatic carbocycles. The molecule has 0 bridgehead atoms. The van der Waals surface area contributed by atoms with Gasteiger partial charge in [-0.15, -0.1) is 0 Å². The van der Waals surface area contributed by atoms with E-state index < -0.39 is 0 Å². The summed E-state index contributed by atoms with van der Waals surface area (Å²) in [6.07, 6.45) is 0. The van der Waals surface area contributed by atoms with Crippen molar-refractivity contribution in [3.05, 3.63) is 53.6 Å². The van der Waals surface area contributed by atoms with Crippen LogP contribution >= 0.6 is 0 Å². The Labute approximate surface area is 115 Å². The van der Waals surface area contributed by atoms with Crippen LogP contribution in [0.25, 0.3) is 0 Å². The van der Waals surface area contributed by atoms with Crippen LogP contribution in [0, 0.1) is 6.92 Å². The molecule has 0 aliphatic heterocycles. The van der Waals surface area contributed by atoms with E-state index in [9.17, 15) is 0 Å². The monoisotopic (exact) mass is 255 g/mol. The number of para-hydroxylation sites is 1. The van der Waals surface area contributed by atoms with E-state index in [2.05, 4.69) is 35.3 Å². The van der Waals surface area contributed by atoms with Gasteiger partial charge < -0.3 is 16.0 Å². The highest BCUT2D eigenvalue weighted by atomic mass is 15.1. The molecule has 2 rings (SSSR count). The van der Waals surface area contributed by atoms with Gasteiger partial charge in [-0.1, -0.05) is 18.2 Å². The topological polar surface area (TPSA) is 41.3 Å². The number of nitrogens with two attached hydrogens (primary N) is 1. The second-order valence-electron chi connectivity index (χ2n) is 4.95. The summed E-state index contributed by atoms with van der Waals surface area (Å²) in [5.41, 5.74) is 11.5. The minimum atomic E-state index is 0.745. The van der Waals surface area contributed by atoms with Gasteiger partial charge in [-0.3, -0.25) is 0 Å². The van der Waals surface area contributed by atoms with Crippen LogP contribution in [-0.2, 0) is 6.54 Å². The summed E-state index contributed by atoms with van der Waals surface area (Å²) in [7, 11) is 4.10. The lowest BCUT2D eigenvalue weighted by atomic mass is 10.1. The van der Waals surface area contributed by atoms with Gasteiger partial charge in [-0.2, -0.15) is 0 Å². The number of benzene rings is 2. The van der Waals surface area contributed by atoms with Crippen molar-refractivity contribution in [2.75, 3.05) is 30.0 Å².